The van der Waals surface area contributed by atoms with Gasteiger partial charge in [0, 0.05) is 3.57 Å². The molecule has 134 valence electrons. The van der Waals surface area contributed by atoms with Crippen molar-refractivity contribution in [3.8, 4) is 17.2 Å². The zero-order valence-electron chi connectivity index (χ0n) is 14.8. The summed E-state index contributed by atoms with van der Waals surface area (Å²) in [6, 6.07) is 9.51. The summed E-state index contributed by atoms with van der Waals surface area (Å²) in [6.07, 6.45) is 0. The molecule has 6 heteroatoms. The molecule has 0 heterocycles. The van der Waals surface area contributed by atoms with Gasteiger partial charge in [-0.05, 0) is 71.8 Å². The third kappa shape index (κ3) is 5.26. The third-order valence-corrected chi connectivity index (χ3v) is 4.46. The smallest absolute Gasteiger partial charge is 0.252 e. The van der Waals surface area contributed by atoms with E-state index in [0.29, 0.717) is 30.2 Å². The van der Waals surface area contributed by atoms with Crippen LogP contribution in [0, 0.1) is 17.4 Å². The second-order valence-corrected chi connectivity index (χ2v) is 6.78. The van der Waals surface area contributed by atoms with Crippen LogP contribution in [0.15, 0.2) is 30.3 Å². The normalized spacial score (nSPS) is 10.3. The molecule has 2 aromatic carbocycles. The second kappa shape index (κ2) is 8.94. The zero-order valence-corrected chi connectivity index (χ0v) is 17.0. The van der Waals surface area contributed by atoms with Crippen LogP contribution in [-0.4, -0.2) is 33.3 Å². The van der Waals surface area contributed by atoms with E-state index in [1.54, 1.807) is 26.4 Å². The Morgan fingerprint density at radius 2 is 1.60 bits per heavy atom. The number of amides is 1. The molecule has 5 nitrogen and oxygen atoms in total. The van der Waals surface area contributed by atoms with E-state index in [2.05, 4.69) is 34.0 Å². The second-order valence-electron chi connectivity index (χ2n) is 5.61. The lowest BCUT2D eigenvalue weighted by atomic mass is 10.1. The number of carbonyl (C=O) groups excluding carboxylic acids is 1. The minimum Gasteiger partial charge on any atom is -0.493 e. The van der Waals surface area contributed by atoms with Crippen molar-refractivity contribution < 1.29 is 19.0 Å². The Morgan fingerprint density at radius 3 is 2.20 bits per heavy atom. The molecule has 0 bridgehead atoms. The quantitative estimate of drug-likeness (QED) is 0.511. The highest BCUT2D eigenvalue weighted by Crippen LogP contribution is 2.31. The fraction of sp³-hybridized carbons (Fsp3) is 0.316. The summed E-state index contributed by atoms with van der Waals surface area (Å²) in [5.41, 5.74) is 2.85. The summed E-state index contributed by atoms with van der Waals surface area (Å²) in [4.78, 5) is 12.4. The van der Waals surface area contributed by atoms with Crippen molar-refractivity contribution in [3.63, 3.8) is 0 Å². The lowest BCUT2D eigenvalue weighted by Crippen LogP contribution is -2.28. The number of halogens is 1. The summed E-state index contributed by atoms with van der Waals surface area (Å²) in [6.45, 7) is 4.87. The number of methoxy groups -OCH3 is 2. The number of hydrogen-bond acceptors (Lipinski definition) is 4. The third-order valence-electron chi connectivity index (χ3n) is 3.57. The fourth-order valence-electron chi connectivity index (χ4n) is 2.47. The van der Waals surface area contributed by atoms with E-state index in [4.69, 9.17) is 14.2 Å². The molecule has 2 aromatic rings. The van der Waals surface area contributed by atoms with Gasteiger partial charge in [-0.25, -0.2) is 0 Å². The maximum Gasteiger partial charge on any atom is 0.252 e. The van der Waals surface area contributed by atoms with E-state index < -0.39 is 0 Å². The molecule has 0 aliphatic rings. The Hall–Kier alpha value is -1.96. The minimum absolute atomic E-state index is 0.172. The van der Waals surface area contributed by atoms with Gasteiger partial charge in [0.2, 0.25) is 0 Å². The number of benzene rings is 2. The number of ether oxygens (including phenoxy) is 3. The van der Waals surface area contributed by atoms with E-state index in [-0.39, 0.29) is 5.91 Å². The first-order chi connectivity index (χ1) is 11.9. The van der Waals surface area contributed by atoms with E-state index >= 15 is 0 Å². The highest BCUT2D eigenvalue weighted by molar-refractivity contribution is 14.1. The van der Waals surface area contributed by atoms with Crippen molar-refractivity contribution >= 4 is 28.5 Å². The molecule has 2 rings (SSSR count). The van der Waals surface area contributed by atoms with Crippen LogP contribution in [0.25, 0.3) is 0 Å². The molecular formula is C19H22INO4. The fourth-order valence-corrected chi connectivity index (χ4v) is 3.16. The van der Waals surface area contributed by atoms with Gasteiger partial charge >= 0.3 is 0 Å². The Kier molecular flexibility index (Phi) is 6.92. The maximum atomic E-state index is 12.4. The van der Waals surface area contributed by atoms with Crippen LogP contribution < -0.4 is 19.5 Å². The Bertz CT molecular complexity index is 741. The number of hydrogen-bond donors (Lipinski definition) is 1. The standard InChI is InChI=1S/C19H22INO4/c1-12-7-13(2)9-14(8-12)25-6-5-21-19(22)15-10-17(23-3)18(24-4)11-16(15)20/h7-11H,5-6H2,1-4H3,(H,21,22). The molecule has 0 spiro atoms. The summed E-state index contributed by atoms with van der Waals surface area (Å²) < 4.78 is 17.0. The average Bonchev–Trinajstić information content (AvgIpc) is 2.57. The average molecular weight is 455 g/mol. The van der Waals surface area contributed by atoms with Crippen LogP contribution in [0.2, 0.25) is 0 Å². The zero-order chi connectivity index (χ0) is 18.4. The monoisotopic (exact) mass is 455 g/mol. The maximum absolute atomic E-state index is 12.4. The first-order valence-electron chi connectivity index (χ1n) is 7.85. The van der Waals surface area contributed by atoms with Crippen molar-refractivity contribution in [1.82, 2.24) is 5.32 Å². The largest absolute Gasteiger partial charge is 0.493 e. The molecule has 0 aromatic heterocycles. The first-order valence-corrected chi connectivity index (χ1v) is 8.93. The number of rotatable bonds is 7. The first kappa shape index (κ1) is 19.4. The summed E-state index contributed by atoms with van der Waals surface area (Å²) in [5.74, 6) is 1.77. The molecule has 0 saturated carbocycles. The van der Waals surface area contributed by atoms with Crippen LogP contribution in [0.3, 0.4) is 0 Å². The van der Waals surface area contributed by atoms with Gasteiger partial charge < -0.3 is 19.5 Å². The summed E-state index contributed by atoms with van der Waals surface area (Å²) >= 11 is 2.11. The summed E-state index contributed by atoms with van der Waals surface area (Å²) in [7, 11) is 3.11. The van der Waals surface area contributed by atoms with Crippen molar-refractivity contribution in [3.05, 3.63) is 50.6 Å². The molecule has 1 amide bonds. The van der Waals surface area contributed by atoms with Gasteiger partial charge in [-0.3, -0.25) is 4.79 Å². The highest BCUT2D eigenvalue weighted by atomic mass is 127. The molecule has 25 heavy (non-hydrogen) atoms. The van der Waals surface area contributed by atoms with Gasteiger partial charge in [0.1, 0.15) is 12.4 Å². The lowest BCUT2D eigenvalue weighted by molar-refractivity contribution is 0.0945. The molecule has 0 saturated heterocycles. The summed E-state index contributed by atoms with van der Waals surface area (Å²) in [5, 5.41) is 2.86. The number of carbonyl (C=O) groups is 1. The topological polar surface area (TPSA) is 56.8 Å². The molecule has 1 N–H and O–H groups in total. The van der Waals surface area contributed by atoms with E-state index in [9.17, 15) is 4.79 Å². The molecule has 0 radical (unpaired) electrons. The van der Waals surface area contributed by atoms with Crippen LogP contribution >= 0.6 is 22.6 Å². The van der Waals surface area contributed by atoms with E-state index in [0.717, 1.165) is 20.4 Å². The molecule has 0 atom stereocenters. The number of aryl methyl sites for hydroxylation is 2. The van der Waals surface area contributed by atoms with E-state index in [1.165, 1.54) is 0 Å². The van der Waals surface area contributed by atoms with Gasteiger partial charge in [-0.2, -0.15) is 0 Å². The highest BCUT2D eigenvalue weighted by Gasteiger charge is 2.15. The van der Waals surface area contributed by atoms with Gasteiger partial charge in [0.05, 0.1) is 26.3 Å². The lowest BCUT2D eigenvalue weighted by Gasteiger charge is -2.13. The van der Waals surface area contributed by atoms with Crippen LogP contribution in [0.4, 0.5) is 0 Å². The predicted octanol–water partition coefficient (Wildman–Crippen LogP) is 3.73. The van der Waals surface area contributed by atoms with Gasteiger partial charge in [0.25, 0.3) is 5.91 Å². The molecular weight excluding hydrogens is 433 g/mol. The van der Waals surface area contributed by atoms with Crippen LogP contribution in [-0.2, 0) is 0 Å². The van der Waals surface area contributed by atoms with Crippen LogP contribution in [0.1, 0.15) is 21.5 Å². The SMILES string of the molecule is COc1cc(I)c(C(=O)NCCOc2cc(C)cc(C)c2)cc1OC. The molecule has 0 aliphatic carbocycles. The molecule has 0 fully saturated rings. The Balaban J connectivity index is 1.94. The Labute approximate surface area is 161 Å². The van der Waals surface area contributed by atoms with Gasteiger partial charge in [-0.15, -0.1) is 0 Å². The van der Waals surface area contributed by atoms with Crippen molar-refractivity contribution in [2.24, 2.45) is 0 Å². The molecule has 0 aliphatic heterocycles. The van der Waals surface area contributed by atoms with E-state index in [1.807, 2.05) is 26.0 Å². The van der Waals surface area contributed by atoms with Gasteiger partial charge in [0.15, 0.2) is 11.5 Å². The predicted molar refractivity (Wildman–Crippen MR) is 106 cm³/mol. The van der Waals surface area contributed by atoms with Crippen molar-refractivity contribution in [2.75, 3.05) is 27.4 Å². The Morgan fingerprint density at radius 1 is 1.00 bits per heavy atom. The molecule has 0 unspecified atom stereocenters. The van der Waals surface area contributed by atoms with Gasteiger partial charge in [-0.1, -0.05) is 6.07 Å². The van der Waals surface area contributed by atoms with Crippen molar-refractivity contribution in [1.29, 1.82) is 0 Å². The minimum atomic E-state index is -0.172. The van der Waals surface area contributed by atoms with Crippen molar-refractivity contribution in [2.45, 2.75) is 13.8 Å². The van der Waals surface area contributed by atoms with Crippen LogP contribution in [0.5, 0.6) is 17.2 Å². The number of nitrogens with one attached hydrogen (secondary N) is 1.